The van der Waals surface area contributed by atoms with Gasteiger partial charge in [0.05, 0.1) is 0 Å². The van der Waals surface area contributed by atoms with Crippen molar-refractivity contribution in [2.24, 2.45) is 0 Å². The van der Waals surface area contributed by atoms with Crippen molar-refractivity contribution in [2.75, 3.05) is 0 Å². The first-order chi connectivity index (χ1) is 5.20. The zero-order valence-electron chi connectivity index (χ0n) is 6.46. The molecule has 0 N–H and O–H groups in total. The van der Waals surface area contributed by atoms with E-state index < -0.39 is 24.8 Å². The minimum atomic E-state index is -3.37. The summed E-state index contributed by atoms with van der Waals surface area (Å²) in [5.41, 5.74) is 0. The smallest absolute Gasteiger partial charge is 0.598 e. The second-order valence-electron chi connectivity index (χ2n) is 0.671. The maximum absolute atomic E-state index is 8.48. The van der Waals surface area contributed by atoms with E-state index in [1.165, 1.54) is 0 Å². The van der Waals surface area contributed by atoms with Crippen LogP contribution in [0, 0.1) is 0 Å². The monoisotopic (exact) mass is 311 g/mol. The SMILES string of the molecule is O=[P+]([O-])[O-].O=[P+]([O-])[O-].O=[P+]([O-])[O-].[Na+].[V]. The van der Waals surface area contributed by atoms with Gasteiger partial charge in [0, 0.05) is 18.6 Å². The van der Waals surface area contributed by atoms with Crippen LogP contribution in [0.4, 0.5) is 0 Å². The molecule has 1 radical (unpaired) electrons. The molecule has 0 unspecified atom stereocenters. The van der Waals surface area contributed by atoms with Crippen molar-refractivity contribution in [3.63, 3.8) is 0 Å². The van der Waals surface area contributed by atoms with Gasteiger partial charge in [-0.3, -0.25) is 0 Å². The van der Waals surface area contributed by atoms with E-state index in [1.807, 2.05) is 0 Å². The van der Waals surface area contributed by atoms with Crippen LogP contribution in [0.15, 0.2) is 0 Å². The summed E-state index contributed by atoms with van der Waals surface area (Å²) in [6.07, 6.45) is 0. The molecule has 0 saturated carbocycles. The Bertz CT molecular complexity index is 118. The molecule has 0 aliphatic rings. The van der Waals surface area contributed by atoms with Crippen molar-refractivity contribution in [1.82, 2.24) is 0 Å². The summed E-state index contributed by atoms with van der Waals surface area (Å²) in [5.74, 6) is 0. The number of hydrogen-bond donors (Lipinski definition) is 0. The summed E-state index contributed by atoms with van der Waals surface area (Å²) < 4.78 is 25.4. The van der Waals surface area contributed by atoms with Crippen molar-refractivity contribution < 1.29 is 91.2 Å². The second-order valence-corrected chi connectivity index (χ2v) is 2.01. The van der Waals surface area contributed by atoms with E-state index in [-0.39, 0.29) is 48.1 Å². The van der Waals surface area contributed by atoms with Crippen LogP contribution < -0.4 is 58.9 Å². The summed E-state index contributed by atoms with van der Waals surface area (Å²) in [4.78, 5) is 50.9. The van der Waals surface area contributed by atoms with Crippen LogP contribution in [0.3, 0.4) is 0 Å². The Morgan fingerprint density at radius 1 is 0.571 bits per heavy atom. The zero-order valence-corrected chi connectivity index (χ0v) is 12.5. The van der Waals surface area contributed by atoms with Gasteiger partial charge in [0.25, 0.3) is 24.8 Å². The van der Waals surface area contributed by atoms with E-state index in [0.29, 0.717) is 0 Å². The summed E-state index contributed by atoms with van der Waals surface area (Å²) in [7, 11) is -10.1. The molecule has 0 aliphatic carbocycles. The van der Waals surface area contributed by atoms with Gasteiger partial charge in [-0.15, -0.1) is 0 Å². The van der Waals surface area contributed by atoms with Crippen LogP contribution >= 0.6 is 24.8 Å². The Balaban J connectivity index is -0.0000000270. The molecule has 0 saturated heterocycles. The van der Waals surface area contributed by atoms with Gasteiger partial charge in [-0.25, -0.2) is 0 Å². The number of rotatable bonds is 0. The van der Waals surface area contributed by atoms with E-state index >= 15 is 0 Å². The topological polar surface area (TPSA) is 190 Å². The molecule has 9 nitrogen and oxygen atoms in total. The van der Waals surface area contributed by atoms with Gasteiger partial charge in [0.1, 0.15) is 0 Å². The largest absolute Gasteiger partial charge is 1.00 e. The molecule has 14 heavy (non-hydrogen) atoms. The van der Waals surface area contributed by atoms with Crippen molar-refractivity contribution in [1.29, 1.82) is 0 Å². The van der Waals surface area contributed by atoms with Crippen LogP contribution in [0.25, 0.3) is 0 Å². The molecule has 0 aromatic heterocycles. The van der Waals surface area contributed by atoms with Crippen molar-refractivity contribution in [3.8, 4) is 0 Å². The standard InChI is InChI=1S/Na.3HO3P.V/c;3*1-4(2)3;/h;3*(H,1,2,3);/q+1;;;;/p-3. The molecule has 0 heterocycles. The van der Waals surface area contributed by atoms with Crippen LogP contribution in [0.2, 0.25) is 0 Å². The van der Waals surface area contributed by atoms with E-state index in [4.69, 9.17) is 43.1 Å². The molecule has 0 spiro atoms. The van der Waals surface area contributed by atoms with Gasteiger partial charge in [-0.2, -0.15) is 0 Å². The fourth-order valence-electron chi connectivity index (χ4n) is 0. The molecule has 0 rings (SSSR count). The molecule has 0 atom stereocenters. The molecule has 77 valence electrons. The maximum Gasteiger partial charge on any atom is 1.00 e. The average molecular weight is 311 g/mol. The van der Waals surface area contributed by atoms with Gasteiger partial charge in [0.2, 0.25) is 0 Å². The first-order valence-corrected chi connectivity index (χ1v) is 4.93. The molecule has 0 fully saturated rings. The predicted molar refractivity (Wildman–Crippen MR) is 22.8 cm³/mol. The molecule has 0 bridgehead atoms. The Hall–Kier alpha value is 1.64. The molecule has 14 heteroatoms. The molecular weight excluding hydrogens is 311 g/mol. The third-order valence-electron chi connectivity index (χ3n) is 0. The first kappa shape index (κ1) is 29.6. The third-order valence-corrected chi connectivity index (χ3v) is 0. The van der Waals surface area contributed by atoms with Crippen LogP contribution in [0.5, 0.6) is 0 Å². The fourth-order valence-corrected chi connectivity index (χ4v) is 0. The van der Waals surface area contributed by atoms with E-state index in [2.05, 4.69) is 0 Å². The van der Waals surface area contributed by atoms with Crippen LogP contribution in [0.1, 0.15) is 0 Å². The van der Waals surface area contributed by atoms with Crippen LogP contribution in [-0.2, 0) is 32.3 Å². The molecular formula is NaO9P3V-2. The minimum absolute atomic E-state index is 0. The van der Waals surface area contributed by atoms with E-state index in [9.17, 15) is 0 Å². The van der Waals surface area contributed by atoms with Gasteiger partial charge in [0.15, 0.2) is 0 Å². The number of hydrogen-bond acceptors (Lipinski definition) is 9. The average Bonchev–Trinajstić information content (AvgIpc) is 1.54. The summed E-state index contributed by atoms with van der Waals surface area (Å²) >= 11 is 0. The molecule has 0 aliphatic heterocycles. The Kier molecular flexibility index (Phi) is 50.9. The van der Waals surface area contributed by atoms with Gasteiger partial charge >= 0.3 is 29.6 Å². The van der Waals surface area contributed by atoms with Crippen molar-refractivity contribution in [2.45, 2.75) is 0 Å². The summed E-state index contributed by atoms with van der Waals surface area (Å²) in [6, 6.07) is 0. The first-order valence-electron chi connectivity index (χ1n) is 1.64. The van der Waals surface area contributed by atoms with Crippen molar-refractivity contribution in [3.05, 3.63) is 0 Å². The van der Waals surface area contributed by atoms with Crippen molar-refractivity contribution >= 4 is 24.8 Å². The predicted octanol–water partition coefficient (Wildman–Crippen LogP) is -7.91. The minimum Gasteiger partial charge on any atom is -0.598 e. The molecule has 0 aromatic carbocycles. The maximum atomic E-state index is 8.48. The van der Waals surface area contributed by atoms with E-state index in [0.717, 1.165) is 0 Å². The molecule has 0 amide bonds. The zero-order chi connectivity index (χ0) is 10.7. The Morgan fingerprint density at radius 2 is 0.571 bits per heavy atom. The fraction of sp³-hybridized carbons (Fsp3) is 0. The summed E-state index contributed by atoms with van der Waals surface area (Å²) in [5, 5.41) is 0. The Morgan fingerprint density at radius 3 is 0.571 bits per heavy atom. The van der Waals surface area contributed by atoms with Gasteiger partial charge in [-0.1, -0.05) is 13.7 Å². The molecule has 0 aromatic rings. The van der Waals surface area contributed by atoms with E-state index in [1.54, 1.807) is 0 Å². The van der Waals surface area contributed by atoms with Gasteiger partial charge < -0.3 is 29.4 Å². The second kappa shape index (κ2) is 24.1. The van der Waals surface area contributed by atoms with Crippen LogP contribution in [-0.4, -0.2) is 0 Å². The van der Waals surface area contributed by atoms with Gasteiger partial charge in [-0.05, 0) is 0 Å². The normalized spacial score (nSPS) is 5.57. The summed E-state index contributed by atoms with van der Waals surface area (Å²) in [6.45, 7) is 0. The Labute approximate surface area is 115 Å². The quantitative estimate of drug-likeness (QED) is 0.309. The third kappa shape index (κ3) is 807.